The van der Waals surface area contributed by atoms with Crippen molar-refractivity contribution in [1.82, 2.24) is 9.13 Å². The lowest BCUT2D eigenvalue weighted by atomic mass is 10.1. The number of ether oxygens (including phenoxy) is 2. The Labute approximate surface area is 271 Å². The van der Waals surface area contributed by atoms with Gasteiger partial charge >= 0.3 is 5.69 Å². The van der Waals surface area contributed by atoms with Crippen LogP contribution in [-0.2, 0) is 4.79 Å². The smallest absolute Gasteiger partial charge is 0.339 e. The highest BCUT2D eigenvalue weighted by Gasteiger charge is 2.34. The fraction of sp³-hybridized carbons (Fsp3) is 0.222. The second kappa shape index (κ2) is 12.6. The van der Waals surface area contributed by atoms with Gasteiger partial charge in [0.15, 0.2) is 5.49 Å². The van der Waals surface area contributed by atoms with Gasteiger partial charge in [-0.25, -0.2) is 14.4 Å². The molecule has 4 aromatic rings. The fourth-order valence-corrected chi connectivity index (χ4v) is 5.55. The molecule has 1 amide bonds. The largest absolute Gasteiger partial charge is 0.633 e. The van der Waals surface area contributed by atoms with Crippen molar-refractivity contribution in [3.63, 3.8) is 0 Å². The number of methoxy groups -OCH3 is 1. The maximum atomic E-state index is 14.4. The Balaban J connectivity index is 1.42. The fourth-order valence-electron chi connectivity index (χ4n) is 5.55. The Morgan fingerprint density at radius 2 is 1.85 bits per heavy atom. The molecule has 11 nitrogen and oxygen atoms in total. The molecule has 1 saturated carbocycles. The van der Waals surface area contributed by atoms with Crippen LogP contribution in [0.25, 0.3) is 17.1 Å². The van der Waals surface area contributed by atoms with E-state index < -0.39 is 16.2 Å². The first kappa shape index (κ1) is 31.4. The number of amides is 1. The quantitative estimate of drug-likeness (QED) is 0.117. The number of para-hydroxylation sites is 1. The van der Waals surface area contributed by atoms with Crippen molar-refractivity contribution in [3.8, 4) is 28.6 Å². The monoisotopic (exact) mass is 632 g/mol. The van der Waals surface area contributed by atoms with Crippen molar-refractivity contribution < 1.29 is 18.9 Å². The molecule has 0 bridgehead atoms. The van der Waals surface area contributed by atoms with Gasteiger partial charge in [-0.15, -0.1) is 0 Å². The van der Waals surface area contributed by atoms with Gasteiger partial charge in [-0.3, -0.25) is 9.36 Å². The van der Waals surface area contributed by atoms with Gasteiger partial charge in [-0.05, 0) is 61.9 Å². The normalized spacial score (nSPS) is 15.3. The summed E-state index contributed by atoms with van der Waals surface area (Å²) in [6.07, 6.45) is 6.24. The summed E-state index contributed by atoms with van der Waals surface area (Å²) < 4.78 is 14.1. The van der Waals surface area contributed by atoms with Gasteiger partial charge < -0.3 is 30.4 Å². The minimum absolute atomic E-state index is 0.0966. The average molecular weight is 633 g/mol. The van der Waals surface area contributed by atoms with Gasteiger partial charge in [0.1, 0.15) is 22.6 Å². The van der Waals surface area contributed by atoms with Crippen LogP contribution in [0, 0.1) is 12.1 Å². The molecule has 6 rings (SSSR count). The number of nitrogens with zero attached hydrogens (tertiary/aromatic N) is 4. The number of carbonyl (C=O) groups is 1. The zero-order valence-corrected chi connectivity index (χ0v) is 26.7. The lowest BCUT2D eigenvalue weighted by molar-refractivity contribution is -0.865. The Kier molecular flexibility index (Phi) is 8.44. The first-order valence-corrected chi connectivity index (χ1v) is 15.3. The van der Waals surface area contributed by atoms with E-state index in [9.17, 15) is 14.8 Å². The van der Waals surface area contributed by atoms with Crippen molar-refractivity contribution in [2.24, 2.45) is 10.7 Å². The van der Waals surface area contributed by atoms with E-state index >= 15 is 0 Å². The predicted molar refractivity (Wildman–Crippen MR) is 180 cm³/mol. The Morgan fingerprint density at radius 3 is 2.55 bits per heavy atom. The van der Waals surface area contributed by atoms with Crippen LogP contribution in [-0.4, -0.2) is 46.4 Å². The average Bonchev–Trinajstić information content (AvgIpc) is 3.87. The van der Waals surface area contributed by atoms with Gasteiger partial charge in [0.25, 0.3) is 0 Å². The number of fused-ring (bicyclic) bond motifs is 1. The van der Waals surface area contributed by atoms with Crippen LogP contribution in [0.2, 0.25) is 0 Å². The van der Waals surface area contributed by atoms with Crippen LogP contribution in [0.5, 0.6) is 17.2 Å². The molecular weight excluding hydrogens is 596 g/mol. The lowest BCUT2D eigenvalue weighted by Gasteiger charge is -2.38. The minimum atomic E-state index is -0.428. The molecule has 1 aromatic heterocycles. The number of hydroxylamine groups is 3. The summed E-state index contributed by atoms with van der Waals surface area (Å²) in [4.78, 5) is 31.9. The number of anilines is 1. The van der Waals surface area contributed by atoms with Crippen molar-refractivity contribution in [3.05, 3.63) is 128 Å². The highest BCUT2D eigenvalue weighted by Crippen LogP contribution is 2.31. The SMILES string of the molecule is COc1cc(NC(=O)/C=C/C[N+](C)([O-])C2CC2)cc(-n2c3c(n(-c4ccc(Oc5ccccc5)cc4C)c2=O)=C(N)C(C)=C=CN=3)c1. The highest BCUT2D eigenvalue weighted by molar-refractivity contribution is 5.99. The number of aryl methyl sites for hydroxylation is 1. The maximum Gasteiger partial charge on any atom is 0.339 e. The van der Waals surface area contributed by atoms with Crippen LogP contribution in [0.4, 0.5) is 5.69 Å². The topological polar surface area (TPSA) is 136 Å². The summed E-state index contributed by atoms with van der Waals surface area (Å²) in [6.45, 7) is 3.90. The van der Waals surface area contributed by atoms with E-state index in [4.69, 9.17) is 15.2 Å². The van der Waals surface area contributed by atoms with Gasteiger partial charge in [0.05, 0.1) is 50.0 Å². The zero-order valence-electron chi connectivity index (χ0n) is 26.7. The number of rotatable bonds is 10. The molecule has 3 N–H and O–H groups in total. The first-order valence-electron chi connectivity index (χ1n) is 15.3. The van der Waals surface area contributed by atoms with Crippen LogP contribution in [0.1, 0.15) is 25.3 Å². The maximum absolute atomic E-state index is 14.4. The van der Waals surface area contributed by atoms with E-state index in [0.717, 1.165) is 18.4 Å². The van der Waals surface area contributed by atoms with Gasteiger partial charge in [-0.2, -0.15) is 0 Å². The molecule has 1 fully saturated rings. The highest BCUT2D eigenvalue weighted by atomic mass is 16.5. The molecule has 3 aromatic carbocycles. The lowest BCUT2D eigenvalue weighted by Crippen LogP contribution is -2.39. The summed E-state index contributed by atoms with van der Waals surface area (Å²) in [5, 5.41) is 15.8. The van der Waals surface area contributed by atoms with E-state index in [2.05, 4.69) is 16.0 Å². The number of quaternary nitrogens is 1. The summed E-state index contributed by atoms with van der Waals surface area (Å²) in [7, 11) is 3.12. The van der Waals surface area contributed by atoms with Gasteiger partial charge in [0.2, 0.25) is 5.91 Å². The molecule has 0 radical (unpaired) electrons. The van der Waals surface area contributed by atoms with Gasteiger partial charge in [-0.1, -0.05) is 23.9 Å². The Morgan fingerprint density at radius 1 is 1.09 bits per heavy atom. The van der Waals surface area contributed by atoms with Crippen molar-refractivity contribution in [2.45, 2.75) is 32.7 Å². The Hall–Kier alpha value is -5.61. The number of imidazole rings is 1. The molecule has 240 valence electrons. The number of hydrogen-bond acceptors (Lipinski definition) is 7. The molecule has 1 aliphatic carbocycles. The van der Waals surface area contributed by atoms with Crippen molar-refractivity contribution >= 4 is 17.3 Å². The molecule has 0 spiro atoms. The molecule has 2 aliphatic rings. The zero-order chi connectivity index (χ0) is 33.3. The molecule has 2 heterocycles. The third kappa shape index (κ3) is 6.54. The van der Waals surface area contributed by atoms with E-state index in [1.165, 1.54) is 28.5 Å². The molecule has 1 aliphatic heterocycles. The number of likely N-dealkylation sites (N-methyl/N-ethyl adjacent to an activating group) is 1. The number of hydrogen-bond donors (Lipinski definition) is 2. The summed E-state index contributed by atoms with van der Waals surface area (Å²) in [5.74, 6) is 1.30. The molecule has 1 atom stereocenters. The van der Waals surface area contributed by atoms with E-state index in [1.54, 1.807) is 44.3 Å². The molecule has 11 heteroatoms. The summed E-state index contributed by atoms with van der Waals surface area (Å²) >= 11 is 0. The number of nitrogens with one attached hydrogen (secondary N) is 1. The second-order valence-electron chi connectivity index (χ2n) is 11.8. The minimum Gasteiger partial charge on any atom is -0.633 e. The van der Waals surface area contributed by atoms with Crippen LogP contribution in [0.3, 0.4) is 0 Å². The molecular formula is C36H36N6O5. The molecule has 1 unspecified atom stereocenters. The predicted octanol–water partition coefficient (Wildman–Crippen LogP) is 4.10. The first-order chi connectivity index (χ1) is 22.6. The number of benzene rings is 3. The third-order valence-electron chi connectivity index (χ3n) is 8.25. The number of nitrogens with two attached hydrogens (primary N) is 1. The van der Waals surface area contributed by atoms with E-state index in [-0.39, 0.29) is 12.6 Å². The summed E-state index contributed by atoms with van der Waals surface area (Å²) in [6, 6.07) is 20.0. The van der Waals surface area contributed by atoms with Crippen LogP contribution in [0.15, 0.2) is 106 Å². The number of aromatic nitrogens is 2. The number of carbonyl (C=O) groups excluding carboxylic acids is 1. The Bertz CT molecular complexity index is 2150. The second-order valence-corrected chi connectivity index (χ2v) is 11.8. The summed E-state index contributed by atoms with van der Waals surface area (Å²) in [5.41, 5.74) is 12.7. The van der Waals surface area contributed by atoms with Crippen LogP contribution >= 0.6 is 0 Å². The standard InChI is InChI=1S/C36H36N6O5/c1-23-16-17-38-35-34(33(23)37)41(31-15-14-29(19-24(31)2)47-28-9-6-5-7-10-28)36(44)40(35)26-20-25(21-30(22-26)46-4)39-32(43)11-8-18-42(3,45)27-12-13-27/h5-11,14-15,17,19-22,27H,12-13,18,37H2,1-4H3,(H,39,43)/b11-8+. The third-order valence-corrected chi connectivity index (χ3v) is 8.25. The van der Waals surface area contributed by atoms with Crippen molar-refractivity contribution in [2.75, 3.05) is 26.0 Å². The molecule has 47 heavy (non-hydrogen) atoms. The van der Waals surface area contributed by atoms with E-state index in [0.29, 0.717) is 56.4 Å². The van der Waals surface area contributed by atoms with Gasteiger partial charge in [0, 0.05) is 42.3 Å². The van der Waals surface area contributed by atoms with Crippen LogP contribution < -0.4 is 37.1 Å². The van der Waals surface area contributed by atoms with Crippen molar-refractivity contribution in [1.29, 1.82) is 0 Å². The van der Waals surface area contributed by atoms with E-state index in [1.807, 2.05) is 49.4 Å². The molecule has 0 saturated heterocycles.